The Bertz CT molecular complexity index is 366. The summed E-state index contributed by atoms with van der Waals surface area (Å²) in [6.45, 7) is 3.52. The maximum Gasteiger partial charge on any atom is 0.416 e. The van der Waals surface area contributed by atoms with Gasteiger partial charge in [0.25, 0.3) is 0 Å². The van der Waals surface area contributed by atoms with Crippen molar-refractivity contribution in [1.29, 1.82) is 0 Å². The van der Waals surface area contributed by atoms with Crippen molar-refractivity contribution >= 4 is 28.6 Å². The molecule has 0 bridgehead atoms. The molecule has 0 atom stereocenters. The largest absolute Gasteiger partial charge is 0.491 e. The van der Waals surface area contributed by atoms with Gasteiger partial charge in [0.2, 0.25) is 0 Å². The third kappa shape index (κ3) is 3.73. The molecular weight excluding hydrogens is 334 g/mol. The topological polar surface area (TPSA) is 21.3 Å². The molecule has 0 saturated carbocycles. The number of ether oxygens (including phenoxy) is 1. The fraction of sp³-hybridized carbons (Fsp3) is 0.400. The maximum atomic E-state index is 12.5. The quantitative estimate of drug-likeness (QED) is 0.653. The molecule has 16 heavy (non-hydrogen) atoms. The molecule has 0 aliphatic carbocycles. The Morgan fingerprint density at radius 2 is 1.88 bits per heavy atom. The first-order valence-electron chi connectivity index (χ1n) is 4.58. The second kappa shape index (κ2) is 5.11. The smallest absolute Gasteiger partial charge is 0.416 e. The highest BCUT2D eigenvalue weighted by atomic mass is 127. The van der Waals surface area contributed by atoms with Crippen molar-refractivity contribution in [2.24, 2.45) is 0 Å². The summed E-state index contributed by atoms with van der Waals surface area (Å²) in [5.74, 6) is 0.212. The van der Waals surface area contributed by atoms with Gasteiger partial charge in [0.05, 0.1) is 34.5 Å². The van der Waals surface area contributed by atoms with Crippen LogP contribution < -0.4 is 8.27 Å². The zero-order valence-corrected chi connectivity index (χ0v) is 10.9. The molecule has 0 unspecified atom stereocenters. The molecular formula is C10H11F3INO. The molecule has 0 saturated heterocycles. The molecule has 0 amide bonds. The molecule has 2 nitrogen and oxygen atoms in total. The minimum absolute atomic E-state index is 0.162. The van der Waals surface area contributed by atoms with Crippen molar-refractivity contribution in [1.82, 2.24) is 0 Å². The highest BCUT2D eigenvalue weighted by Crippen LogP contribution is 2.34. The van der Waals surface area contributed by atoms with Gasteiger partial charge in [-0.25, -0.2) is 0 Å². The molecule has 0 heterocycles. The van der Waals surface area contributed by atoms with E-state index in [0.29, 0.717) is 5.69 Å². The highest BCUT2D eigenvalue weighted by Gasteiger charge is 2.31. The van der Waals surface area contributed by atoms with Crippen LogP contribution in [0.25, 0.3) is 0 Å². The highest BCUT2D eigenvalue weighted by molar-refractivity contribution is 14.1. The van der Waals surface area contributed by atoms with Gasteiger partial charge in [-0.1, -0.05) is 0 Å². The summed E-state index contributed by atoms with van der Waals surface area (Å²) >= 11 is 1.78. The van der Waals surface area contributed by atoms with Crippen LogP contribution in [0, 0.1) is 0 Å². The lowest BCUT2D eigenvalue weighted by Crippen LogP contribution is -2.09. The van der Waals surface area contributed by atoms with Gasteiger partial charge >= 0.3 is 6.18 Å². The number of halogens is 4. The molecule has 0 aliphatic heterocycles. The third-order valence-electron chi connectivity index (χ3n) is 1.71. The molecule has 1 aromatic rings. The fourth-order valence-electron chi connectivity index (χ4n) is 1.16. The van der Waals surface area contributed by atoms with E-state index in [4.69, 9.17) is 4.74 Å². The molecule has 1 rings (SSSR count). The van der Waals surface area contributed by atoms with Crippen molar-refractivity contribution in [2.45, 2.75) is 26.1 Å². The normalized spacial score (nSPS) is 11.7. The maximum absolute atomic E-state index is 12.5. The molecule has 0 aromatic heterocycles. The minimum atomic E-state index is -4.36. The predicted molar refractivity (Wildman–Crippen MR) is 64.9 cm³/mol. The van der Waals surface area contributed by atoms with Gasteiger partial charge in [0, 0.05) is 11.8 Å². The fourth-order valence-corrected chi connectivity index (χ4v) is 1.47. The number of nitrogens with one attached hydrogen (secondary N) is 1. The van der Waals surface area contributed by atoms with E-state index in [1.807, 2.05) is 0 Å². The van der Waals surface area contributed by atoms with Crippen molar-refractivity contribution in [3.8, 4) is 5.75 Å². The molecule has 6 heteroatoms. The Labute approximate surface area is 106 Å². The summed E-state index contributed by atoms with van der Waals surface area (Å²) in [5, 5.41) is 0. The van der Waals surface area contributed by atoms with Crippen LogP contribution >= 0.6 is 22.9 Å². The van der Waals surface area contributed by atoms with Gasteiger partial charge < -0.3 is 8.27 Å². The van der Waals surface area contributed by atoms with Gasteiger partial charge in [0.15, 0.2) is 0 Å². The van der Waals surface area contributed by atoms with Gasteiger partial charge in [-0.3, -0.25) is 0 Å². The molecule has 90 valence electrons. The van der Waals surface area contributed by atoms with Crippen LogP contribution in [-0.2, 0) is 6.18 Å². The molecule has 0 aliphatic rings. The lowest BCUT2D eigenvalue weighted by Gasteiger charge is -2.14. The second-order valence-corrected chi connectivity index (χ2v) is 4.04. The van der Waals surface area contributed by atoms with E-state index in [1.54, 1.807) is 36.7 Å². The molecule has 1 N–H and O–H groups in total. The Morgan fingerprint density at radius 3 is 2.31 bits per heavy atom. The molecule has 0 fully saturated rings. The van der Waals surface area contributed by atoms with Crippen LogP contribution in [0.15, 0.2) is 18.2 Å². The van der Waals surface area contributed by atoms with Crippen LogP contribution in [0.3, 0.4) is 0 Å². The van der Waals surface area contributed by atoms with E-state index in [1.165, 1.54) is 6.07 Å². The number of alkyl halides is 3. The van der Waals surface area contributed by atoms with E-state index < -0.39 is 11.7 Å². The van der Waals surface area contributed by atoms with Crippen molar-refractivity contribution in [2.75, 3.05) is 3.53 Å². The first-order chi connectivity index (χ1) is 7.32. The third-order valence-corrected chi connectivity index (χ3v) is 2.34. The number of anilines is 1. The summed E-state index contributed by atoms with van der Waals surface area (Å²) in [5.41, 5.74) is -0.351. The van der Waals surface area contributed by atoms with E-state index >= 15 is 0 Å². The molecule has 1 aromatic carbocycles. The number of rotatable bonds is 3. The van der Waals surface area contributed by atoms with Crippen LogP contribution in [0.2, 0.25) is 0 Å². The zero-order chi connectivity index (χ0) is 12.3. The van der Waals surface area contributed by atoms with Gasteiger partial charge in [-0.2, -0.15) is 13.2 Å². The zero-order valence-electron chi connectivity index (χ0n) is 8.73. The lowest BCUT2D eigenvalue weighted by molar-refractivity contribution is -0.137. The van der Waals surface area contributed by atoms with Gasteiger partial charge in [-0.15, -0.1) is 0 Å². The van der Waals surface area contributed by atoms with Crippen LogP contribution in [-0.4, -0.2) is 6.10 Å². The first-order valence-corrected chi connectivity index (χ1v) is 5.66. The van der Waals surface area contributed by atoms with Crippen molar-refractivity contribution in [3.05, 3.63) is 23.8 Å². The summed E-state index contributed by atoms with van der Waals surface area (Å²) in [6.07, 6.45) is -4.52. The number of hydrogen-bond donors (Lipinski definition) is 1. The van der Waals surface area contributed by atoms with E-state index in [0.717, 1.165) is 12.1 Å². The first kappa shape index (κ1) is 13.4. The van der Waals surface area contributed by atoms with Crippen molar-refractivity contribution in [3.63, 3.8) is 0 Å². The van der Waals surface area contributed by atoms with E-state index in [9.17, 15) is 13.2 Å². The van der Waals surface area contributed by atoms with Crippen molar-refractivity contribution < 1.29 is 17.9 Å². The van der Waals surface area contributed by atoms with Gasteiger partial charge in [-0.05, 0) is 26.0 Å². The standard InChI is InChI=1S/C10H11F3INO/c1-6(2)16-9-4-7(10(11,12)13)3-8(5-9)15-14/h3-6,15H,1-2H3. The molecule has 0 spiro atoms. The Kier molecular flexibility index (Phi) is 4.28. The second-order valence-electron chi connectivity index (χ2n) is 3.50. The average molecular weight is 345 g/mol. The van der Waals surface area contributed by atoms with Crippen LogP contribution in [0.5, 0.6) is 5.75 Å². The monoisotopic (exact) mass is 345 g/mol. The lowest BCUT2D eigenvalue weighted by atomic mass is 10.2. The summed E-state index contributed by atoms with van der Waals surface area (Å²) in [7, 11) is 0. The Morgan fingerprint density at radius 1 is 1.25 bits per heavy atom. The number of hydrogen-bond acceptors (Lipinski definition) is 2. The Balaban J connectivity index is 3.11. The summed E-state index contributed by atoms with van der Waals surface area (Å²) < 4.78 is 45.5. The summed E-state index contributed by atoms with van der Waals surface area (Å²) in [4.78, 5) is 0. The predicted octanol–water partition coefficient (Wildman–Crippen LogP) is 4.25. The van der Waals surface area contributed by atoms with E-state index in [2.05, 4.69) is 3.53 Å². The van der Waals surface area contributed by atoms with E-state index in [-0.39, 0.29) is 11.9 Å². The molecule has 0 radical (unpaired) electrons. The average Bonchev–Trinajstić information content (AvgIpc) is 2.14. The summed E-state index contributed by atoms with van der Waals surface area (Å²) in [6, 6.07) is 3.57. The SMILES string of the molecule is CC(C)Oc1cc(NI)cc(C(F)(F)F)c1. The number of benzene rings is 1. The van der Waals surface area contributed by atoms with Crippen LogP contribution in [0.4, 0.5) is 18.9 Å². The Hall–Kier alpha value is -0.660. The van der Waals surface area contributed by atoms with Gasteiger partial charge in [0.1, 0.15) is 5.75 Å². The minimum Gasteiger partial charge on any atom is -0.491 e. The van der Waals surface area contributed by atoms with Crippen LogP contribution in [0.1, 0.15) is 19.4 Å².